The predicted octanol–water partition coefficient (Wildman–Crippen LogP) is 1.55. The first-order valence-electron chi connectivity index (χ1n) is 4.24. The molecule has 0 unspecified atom stereocenters. The zero-order chi connectivity index (χ0) is 10.6. The third-order valence-corrected chi connectivity index (χ3v) is 1.77. The Morgan fingerprint density at radius 1 is 1.50 bits per heavy atom. The normalized spacial score (nSPS) is 12.0. The third kappa shape index (κ3) is 3.37. The van der Waals surface area contributed by atoms with Crippen LogP contribution < -0.4 is 5.32 Å². The van der Waals surface area contributed by atoms with Crippen LogP contribution in [0.5, 0.6) is 0 Å². The van der Waals surface area contributed by atoms with Gasteiger partial charge < -0.3 is 9.88 Å². The molecule has 0 fully saturated rings. The van der Waals surface area contributed by atoms with E-state index in [1.54, 1.807) is 13.2 Å². The van der Waals surface area contributed by atoms with Crippen molar-refractivity contribution < 1.29 is 13.2 Å². The molecule has 0 atom stereocenters. The Morgan fingerprint density at radius 3 is 2.79 bits per heavy atom. The van der Waals surface area contributed by atoms with Gasteiger partial charge in [-0.3, -0.25) is 0 Å². The lowest BCUT2D eigenvalue weighted by Gasteiger charge is -2.09. The molecule has 1 aromatic rings. The summed E-state index contributed by atoms with van der Waals surface area (Å²) in [5.41, 5.74) is 0. The second kappa shape index (κ2) is 4.45. The van der Waals surface area contributed by atoms with E-state index in [4.69, 9.17) is 0 Å². The summed E-state index contributed by atoms with van der Waals surface area (Å²) in [6.07, 6.45) is -1.87. The SMILES string of the molecule is CNCc1nccn1CCC(F)(F)F. The lowest BCUT2D eigenvalue weighted by Crippen LogP contribution is -2.16. The van der Waals surface area contributed by atoms with Gasteiger partial charge in [-0.2, -0.15) is 13.2 Å². The minimum absolute atomic E-state index is 0.0689. The molecule has 0 spiro atoms. The van der Waals surface area contributed by atoms with Crippen molar-refractivity contribution in [2.45, 2.75) is 25.7 Å². The van der Waals surface area contributed by atoms with Crippen LogP contribution in [-0.4, -0.2) is 22.8 Å². The molecule has 14 heavy (non-hydrogen) atoms. The lowest BCUT2D eigenvalue weighted by molar-refractivity contribution is -0.136. The summed E-state index contributed by atoms with van der Waals surface area (Å²) < 4.78 is 37.3. The van der Waals surface area contributed by atoms with Crippen molar-refractivity contribution in [3.63, 3.8) is 0 Å². The second-order valence-corrected chi connectivity index (χ2v) is 2.93. The molecule has 80 valence electrons. The molecule has 3 nitrogen and oxygen atoms in total. The van der Waals surface area contributed by atoms with Crippen LogP contribution in [-0.2, 0) is 13.1 Å². The van der Waals surface area contributed by atoms with Crippen molar-refractivity contribution in [3.8, 4) is 0 Å². The highest BCUT2D eigenvalue weighted by Crippen LogP contribution is 2.20. The minimum atomic E-state index is -4.11. The van der Waals surface area contributed by atoms with E-state index in [0.29, 0.717) is 12.4 Å². The van der Waals surface area contributed by atoms with E-state index in [-0.39, 0.29) is 6.54 Å². The summed E-state index contributed by atoms with van der Waals surface area (Å²) in [5.74, 6) is 0.622. The summed E-state index contributed by atoms with van der Waals surface area (Å²) in [4.78, 5) is 3.94. The van der Waals surface area contributed by atoms with Crippen molar-refractivity contribution in [2.75, 3.05) is 7.05 Å². The van der Waals surface area contributed by atoms with E-state index in [1.165, 1.54) is 10.8 Å². The van der Waals surface area contributed by atoms with E-state index < -0.39 is 12.6 Å². The van der Waals surface area contributed by atoms with Gasteiger partial charge in [0.1, 0.15) is 5.82 Å². The van der Waals surface area contributed by atoms with Crippen molar-refractivity contribution >= 4 is 0 Å². The number of halogens is 3. The number of nitrogens with one attached hydrogen (secondary N) is 1. The molecule has 0 bridgehead atoms. The summed E-state index contributed by atoms with van der Waals surface area (Å²) >= 11 is 0. The fraction of sp³-hybridized carbons (Fsp3) is 0.625. The van der Waals surface area contributed by atoms with E-state index in [0.717, 1.165) is 0 Å². The first-order chi connectivity index (χ1) is 6.53. The molecule has 1 aromatic heterocycles. The Morgan fingerprint density at radius 2 is 2.21 bits per heavy atom. The average molecular weight is 207 g/mol. The maximum absolute atomic E-state index is 11.9. The number of aromatic nitrogens is 2. The summed E-state index contributed by atoms with van der Waals surface area (Å²) in [7, 11) is 1.72. The molecule has 0 aromatic carbocycles. The number of imidazole rings is 1. The number of hydrogen-bond donors (Lipinski definition) is 1. The van der Waals surface area contributed by atoms with Crippen LogP contribution in [0.3, 0.4) is 0 Å². The molecule has 1 rings (SSSR count). The Balaban J connectivity index is 2.53. The molecule has 0 radical (unpaired) electrons. The Labute approximate surface area is 79.9 Å². The van der Waals surface area contributed by atoms with Crippen LogP contribution >= 0.6 is 0 Å². The van der Waals surface area contributed by atoms with Crippen LogP contribution in [0.1, 0.15) is 12.2 Å². The number of aryl methyl sites for hydroxylation is 1. The first kappa shape index (κ1) is 11.0. The molecule has 0 saturated heterocycles. The van der Waals surface area contributed by atoms with Crippen LogP contribution in [0.15, 0.2) is 12.4 Å². The molecule has 1 N–H and O–H groups in total. The van der Waals surface area contributed by atoms with E-state index in [9.17, 15) is 13.2 Å². The summed E-state index contributed by atoms with van der Waals surface area (Å²) in [6, 6.07) is 0. The minimum Gasteiger partial charge on any atom is -0.334 e. The fourth-order valence-corrected chi connectivity index (χ4v) is 1.12. The maximum Gasteiger partial charge on any atom is 0.390 e. The van der Waals surface area contributed by atoms with Crippen LogP contribution in [0.4, 0.5) is 13.2 Å². The molecule has 0 aliphatic carbocycles. The zero-order valence-corrected chi connectivity index (χ0v) is 7.80. The number of alkyl halides is 3. The highest BCUT2D eigenvalue weighted by molar-refractivity contribution is 4.91. The van der Waals surface area contributed by atoms with Gasteiger partial charge in [0.2, 0.25) is 0 Å². The average Bonchev–Trinajstić information content (AvgIpc) is 2.48. The third-order valence-electron chi connectivity index (χ3n) is 1.77. The van der Waals surface area contributed by atoms with E-state index in [1.807, 2.05) is 0 Å². The molecular weight excluding hydrogens is 195 g/mol. The van der Waals surface area contributed by atoms with Crippen molar-refractivity contribution in [1.82, 2.24) is 14.9 Å². The second-order valence-electron chi connectivity index (χ2n) is 2.93. The van der Waals surface area contributed by atoms with E-state index in [2.05, 4.69) is 10.3 Å². The first-order valence-corrected chi connectivity index (χ1v) is 4.24. The fourth-order valence-electron chi connectivity index (χ4n) is 1.12. The van der Waals surface area contributed by atoms with Gasteiger partial charge in [0.25, 0.3) is 0 Å². The smallest absolute Gasteiger partial charge is 0.334 e. The lowest BCUT2D eigenvalue weighted by atomic mass is 10.4. The van der Waals surface area contributed by atoms with Gasteiger partial charge in [0.15, 0.2) is 0 Å². The predicted molar refractivity (Wildman–Crippen MR) is 45.7 cm³/mol. The van der Waals surface area contributed by atoms with Gasteiger partial charge in [0, 0.05) is 18.9 Å². The molecule has 6 heteroatoms. The zero-order valence-electron chi connectivity index (χ0n) is 7.80. The van der Waals surface area contributed by atoms with E-state index >= 15 is 0 Å². The highest BCUT2D eigenvalue weighted by atomic mass is 19.4. The molecule has 0 saturated carbocycles. The maximum atomic E-state index is 11.9. The number of hydrogen-bond acceptors (Lipinski definition) is 2. The molecule has 0 aliphatic heterocycles. The van der Waals surface area contributed by atoms with Gasteiger partial charge in [-0.1, -0.05) is 0 Å². The van der Waals surface area contributed by atoms with Gasteiger partial charge in [-0.25, -0.2) is 4.98 Å². The quantitative estimate of drug-likeness (QED) is 0.811. The molecule has 0 amide bonds. The largest absolute Gasteiger partial charge is 0.390 e. The van der Waals surface area contributed by atoms with Crippen LogP contribution in [0, 0.1) is 0 Å². The number of nitrogens with zero attached hydrogens (tertiary/aromatic N) is 2. The molecular formula is C8H12F3N3. The Kier molecular flexibility index (Phi) is 3.51. The van der Waals surface area contributed by atoms with Crippen molar-refractivity contribution in [2.24, 2.45) is 0 Å². The van der Waals surface area contributed by atoms with Crippen LogP contribution in [0.25, 0.3) is 0 Å². The Hall–Kier alpha value is -1.04. The monoisotopic (exact) mass is 207 g/mol. The standard InChI is InChI=1S/C8H12F3N3/c1-12-6-7-13-3-5-14(7)4-2-8(9,10)11/h3,5,12H,2,4,6H2,1H3. The van der Waals surface area contributed by atoms with Crippen molar-refractivity contribution in [3.05, 3.63) is 18.2 Å². The topological polar surface area (TPSA) is 29.9 Å². The van der Waals surface area contributed by atoms with Gasteiger partial charge in [0.05, 0.1) is 13.0 Å². The van der Waals surface area contributed by atoms with Gasteiger partial charge >= 0.3 is 6.18 Å². The van der Waals surface area contributed by atoms with Crippen molar-refractivity contribution in [1.29, 1.82) is 0 Å². The van der Waals surface area contributed by atoms with Gasteiger partial charge in [-0.05, 0) is 7.05 Å². The highest BCUT2D eigenvalue weighted by Gasteiger charge is 2.26. The number of rotatable bonds is 4. The summed E-state index contributed by atoms with van der Waals surface area (Å²) in [6.45, 7) is 0.408. The Bertz CT molecular complexity index is 280. The van der Waals surface area contributed by atoms with Gasteiger partial charge in [-0.15, -0.1) is 0 Å². The summed E-state index contributed by atoms with van der Waals surface area (Å²) in [5, 5.41) is 2.84. The molecule has 0 aliphatic rings. The van der Waals surface area contributed by atoms with Crippen LogP contribution in [0.2, 0.25) is 0 Å². The molecule has 1 heterocycles.